The number of carbonyl (C=O) groups excluding carboxylic acids is 1. The van der Waals surface area contributed by atoms with Gasteiger partial charge in [0.25, 0.3) is 0 Å². The van der Waals surface area contributed by atoms with Crippen LogP contribution in [0.5, 0.6) is 5.75 Å². The molecule has 0 saturated carbocycles. The molecule has 0 aliphatic carbocycles. The van der Waals surface area contributed by atoms with Gasteiger partial charge in [-0.15, -0.1) is 10.2 Å². The second-order valence-corrected chi connectivity index (χ2v) is 6.56. The molecule has 2 aromatic rings. The van der Waals surface area contributed by atoms with Crippen molar-refractivity contribution in [2.24, 2.45) is 0 Å². The molecule has 1 aliphatic heterocycles. The molecule has 0 spiro atoms. The standard InChI is InChI=1S/C15H18N4O3S/c1-9-3-4-11(10(2)7-9)22-8-13-17-18-15(19(13)16)23-12-5-6-21-14(12)20/h3-4,7,12H,5-6,8,16H2,1-2H3/t12-/m0/s1. The normalized spacial score (nSPS) is 17.3. The predicted molar refractivity (Wildman–Crippen MR) is 85.6 cm³/mol. The third kappa shape index (κ3) is 3.42. The van der Waals surface area contributed by atoms with Gasteiger partial charge >= 0.3 is 5.97 Å². The lowest BCUT2D eigenvalue weighted by atomic mass is 10.1. The Balaban J connectivity index is 1.66. The van der Waals surface area contributed by atoms with Gasteiger partial charge in [-0.2, -0.15) is 0 Å². The number of esters is 1. The molecule has 1 fully saturated rings. The Morgan fingerprint density at radius 1 is 1.43 bits per heavy atom. The summed E-state index contributed by atoms with van der Waals surface area (Å²) in [5.74, 6) is 7.04. The van der Waals surface area contributed by atoms with E-state index in [9.17, 15) is 4.79 Å². The lowest BCUT2D eigenvalue weighted by molar-refractivity contribution is -0.137. The molecule has 1 aromatic carbocycles. The van der Waals surface area contributed by atoms with Gasteiger partial charge in [0, 0.05) is 6.42 Å². The molecule has 1 saturated heterocycles. The molecule has 0 unspecified atom stereocenters. The van der Waals surface area contributed by atoms with Gasteiger partial charge in [0.15, 0.2) is 5.82 Å². The zero-order valence-electron chi connectivity index (χ0n) is 13.0. The van der Waals surface area contributed by atoms with E-state index in [-0.39, 0.29) is 17.8 Å². The van der Waals surface area contributed by atoms with Crippen LogP contribution in [-0.2, 0) is 16.1 Å². The highest BCUT2D eigenvalue weighted by Gasteiger charge is 2.29. The molecular formula is C15H18N4O3S. The number of benzene rings is 1. The average Bonchev–Trinajstić information content (AvgIpc) is 3.07. The van der Waals surface area contributed by atoms with Gasteiger partial charge in [-0.05, 0) is 25.5 Å². The van der Waals surface area contributed by atoms with E-state index in [1.54, 1.807) is 0 Å². The van der Waals surface area contributed by atoms with E-state index in [0.717, 1.165) is 11.3 Å². The molecule has 8 heteroatoms. The maximum atomic E-state index is 11.5. The number of nitrogens with two attached hydrogens (primary N) is 1. The largest absolute Gasteiger partial charge is 0.485 e. The molecule has 23 heavy (non-hydrogen) atoms. The van der Waals surface area contributed by atoms with Gasteiger partial charge in [0.1, 0.15) is 17.6 Å². The topological polar surface area (TPSA) is 92.3 Å². The van der Waals surface area contributed by atoms with Crippen LogP contribution in [0.1, 0.15) is 23.4 Å². The summed E-state index contributed by atoms with van der Waals surface area (Å²) in [5.41, 5.74) is 2.23. The first kappa shape index (κ1) is 15.7. The maximum Gasteiger partial charge on any atom is 0.319 e. The van der Waals surface area contributed by atoms with E-state index in [0.29, 0.717) is 24.0 Å². The van der Waals surface area contributed by atoms with Crippen molar-refractivity contribution in [2.75, 3.05) is 12.4 Å². The maximum absolute atomic E-state index is 11.5. The highest BCUT2D eigenvalue weighted by molar-refractivity contribution is 8.00. The first-order valence-corrected chi connectivity index (χ1v) is 8.15. The van der Waals surface area contributed by atoms with Crippen LogP contribution in [0, 0.1) is 13.8 Å². The lowest BCUT2D eigenvalue weighted by Crippen LogP contribution is -2.18. The number of hydrogen-bond donors (Lipinski definition) is 1. The fourth-order valence-corrected chi connectivity index (χ4v) is 3.24. The van der Waals surface area contributed by atoms with Crippen LogP contribution in [0.25, 0.3) is 0 Å². The van der Waals surface area contributed by atoms with E-state index < -0.39 is 0 Å². The average molecular weight is 334 g/mol. The van der Waals surface area contributed by atoms with Crippen molar-refractivity contribution >= 4 is 17.7 Å². The molecule has 0 amide bonds. The Hall–Kier alpha value is -2.22. The van der Waals surface area contributed by atoms with E-state index in [1.807, 2.05) is 26.0 Å². The van der Waals surface area contributed by atoms with Crippen LogP contribution in [0.4, 0.5) is 0 Å². The fourth-order valence-electron chi connectivity index (χ4n) is 2.30. The van der Waals surface area contributed by atoms with Crippen molar-refractivity contribution in [1.29, 1.82) is 0 Å². The van der Waals surface area contributed by atoms with Crippen LogP contribution in [0.3, 0.4) is 0 Å². The van der Waals surface area contributed by atoms with Gasteiger partial charge in [0.2, 0.25) is 5.16 Å². The molecule has 1 aromatic heterocycles. The SMILES string of the molecule is Cc1ccc(OCc2nnc(S[C@H]3CCOC3=O)n2N)c(C)c1. The Morgan fingerprint density at radius 3 is 2.96 bits per heavy atom. The minimum atomic E-state index is -0.269. The fraction of sp³-hybridized carbons (Fsp3) is 0.400. The molecule has 3 rings (SSSR count). The molecular weight excluding hydrogens is 316 g/mol. The summed E-state index contributed by atoms with van der Waals surface area (Å²) >= 11 is 1.27. The van der Waals surface area contributed by atoms with Crippen LogP contribution < -0.4 is 10.6 Å². The van der Waals surface area contributed by atoms with Gasteiger partial charge in [-0.25, -0.2) is 4.68 Å². The van der Waals surface area contributed by atoms with Crippen LogP contribution in [0.2, 0.25) is 0 Å². The van der Waals surface area contributed by atoms with Crippen LogP contribution in [-0.4, -0.2) is 32.7 Å². The first-order chi connectivity index (χ1) is 11.0. The van der Waals surface area contributed by atoms with Crippen molar-refractivity contribution in [3.8, 4) is 5.75 Å². The third-order valence-electron chi connectivity index (χ3n) is 3.56. The Morgan fingerprint density at radius 2 is 2.26 bits per heavy atom. The first-order valence-electron chi connectivity index (χ1n) is 7.27. The number of nitrogen functional groups attached to an aromatic ring is 1. The number of nitrogens with zero attached hydrogens (tertiary/aromatic N) is 3. The van der Waals surface area contributed by atoms with E-state index >= 15 is 0 Å². The molecule has 122 valence electrons. The summed E-state index contributed by atoms with van der Waals surface area (Å²) in [4.78, 5) is 11.5. The summed E-state index contributed by atoms with van der Waals surface area (Å²) in [6.07, 6.45) is 0.657. The predicted octanol–water partition coefficient (Wildman–Crippen LogP) is 1.60. The summed E-state index contributed by atoms with van der Waals surface area (Å²) in [5, 5.41) is 8.27. The number of carbonyl (C=O) groups is 1. The smallest absolute Gasteiger partial charge is 0.319 e. The monoisotopic (exact) mass is 334 g/mol. The van der Waals surface area contributed by atoms with Crippen LogP contribution >= 0.6 is 11.8 Å². The zero-order chi connectivity index (χ0) is 16.4. The van der Waals surface area contributed by atoms with Crippen molar-refractivity contribution in [1.82, 2.24) is 14.9 Å². The highest BCUT2D eigenvalue weighted by Crippen LogP contribution is 2.28. The molecule has 0 bridgehead atoms. The summed E-state index contributed by atoms with van der Waals surface area (Å²) in [6, 6.07) is 5.96. The molecule has 2 heterocycles. The number of aromatic nitrogens is 3. The third-order valence-corrected chi connectivity index (χ3v) is 4.76. The Bertz CT molecular complexity index is 732. The molecule has 1 atom stereocenters. The minimum absolute atomic E-state index is 0.211. The molecule has 7 nitrogen and oxygen atoms in total. The van der Waals surface area contributed by atoms with Gasteiger partial charge < -0.3 is 15.3 Å². The number of rotatable bonds is 5. The van der Waals surface area contributed by atoms with E-state index in [4.69, 9.17) is 15.3 Å². The number of hydrogen-bond acceptors (Lipinski definition) is 7. The lowest BCUT2D eigenvalue weighted by Gasteiger charge is -2.09. The Kier molecular flexibility index (Phi) is 4.42. The second-order valence-electron chi connectivity index (χ2n) is 5.39. The quantitative estimate of drug-likeness (QED) is 0.656. The minimum Gasteiger partial charge on any atom is -0.485 e. The molecule has 2 N–H and O–H groups in total. The number of aryl methyl sites for hydroxylation is 2. The van der Waals surface area contributed by atoms with E-state index in [1.165, 1.54) is 22.0 Å². The zero-order valence-corrected chi connectivity index (χ0v) is 13.8. The molecule has 0 radical (unpaired) electrons. The number of ether oxygens (including phenoxy) is 2. The summed E-state index contributed by atoms with van der Waals surface area (Å²) < 4.78 is 12.0. The van der Waals surface area contributed by atoms with Crippen molar-refractivity contribution in [3.05, 3.63) is 35.2 Å². The summed E-state index contributed by atoms with van der Waals surface area (Å²) in [6.45, 7) is 4.67. The number of thioether (sulfide) groups is 1. The van der Waals surface area contributed by atoms with E-state index in [2.05, 4.69) is 16.3 Å². The van der Waals surface area contributed by atoms with Gasteiger partial charge in [0.05, 0.1) is 6.61 Å². The second kappa shape index (κ2) is 6.49. The Labute approximate surface area is 138 Å². The van der Waals surface area contributed by atoms with Crippen molar-refractivity contribution in [3.63, 3.8) is 0 Å². The van der Waals surface area contributed by atoms with Crippen molar-refractivity contribution < 1.29 is 14.3 Å². The van der Waals surface area contributed by atoms with Crippen LogP contribution in [0.15, 0.2) is 23.4 Å². The summed E-state index contributed by atoms with van der Waals surface area (Å²) in [7, 11) is 0. The molecule has 1 aliphatic rings. The number of cyclic esters (lactones) is 1. The van der Waals surface area contributed by atoms with Gasteiger partial charge in [-0.1, -0.05) is 29.5 Å². The van der Waals surface area contributed by atoms with Gasteiger partial charge in [-0.3, -0.25) is 4.79 Å². The van der Waals surface area contributed by atoms with Crippen molar-refractivity contribution in [2.45, 2.75) is 37.3 Å². The highest BCUT2D eigenvalue weighted by atomic mass is 32.2.